The first-order valence-corrected chi connectivity index (χ1v) is 7.12. The molecule has 0 radical (unpaired) electrons. The zero-order chi connectivity index (χ0) is 12.6. The van der Waals surface area contributed by atoms with E-state index in [1.165, 1.54) is 0 Å². The van der Waals surface area contributed by atoms with E-state index in [4.69, 9.17) is 4.74 Å². The lowest BCUT2D eigenvalue weighted by Gasteiger charge is -2.33. The fourth-order valence-corrected chi connectivity index (χ4v) is 3.39. The van der Waals surface area contributed by atoms with Crippen molar-refractivity contribution in [1.82, 2.24) is 4.98 Å². The standard InChI is InChI=1S/C13H9BrN2OS/c14-10-4-2-1-3-9(10)12-16-11(5-18-12)13(6-15)7-17-8-13/h1-5H,7-8H2. The molecule has 0 amide bonds. The smallest absolute Gasteiger partial charge is 0.146 e. The molecule has 2 aromatic rings. The second-order valence-corrected chi connectivity index (χ2v) is 5.92. The number of aromatic nitrogens is 1. The van der Waals surface area contributed by atoms with E-state index in [0.29, 0.717) is 13.2 Å². The maximum atomic E-state index is 9.25. The minimum Gasteiger partial charge on any atom is -0.377 e. The molecule has 1 aliphatic rings. The van der Waals surface area contributed by atoms with Gasteiger partial charge in [0.2, 0.25) is 0 Å². The van der Waals surface area contributed by atoms with Gasteiger partial charge in [-0.3, -0.25) is 0 Å². The van der Waals surface area contributed by atoms with Crippen LogP contribution >= 0.6 is 27.3 Å². The lowest BCUT2D eigenvalue weighted by Crippen LogP contribution is -2.45. The largest absolute Gasteiger partial charge is 0.377 e. The van der Waals surface area contributed by atoms with Gasteiger partial charge in [-0.15, -0.1) is 11.3 Å². The van der Waals surface area contributed by atoms with Crippen LogP contribution in [0.3, 0.4) is 0 Å². The van der Waals surface area contributed by atoms with Crippen LogP contribution in [0, 0.1) is 11.3 Å². The Balaban J connectivity index is 2.00. The molecule has 3 rings (SSSR count). The van der Waals surface area contributed by atoms with E-state index < -0.39 is 5.41 Å². The predicted molar refractivity (Wildman–Crippen MR) is 73.4 cm³/mol. The third kappa shape index (κ3) is 1.77. The molecule has 3 nitrogen and oxygen atoms in total. The van der Waals surface area contributed by atoms with Gasteiger partial charge < -0.3 is 4.74 Å². The first-order chi connectivity index (χ1) is 8.75. The van der Waals surface area contributed by atoms with Crippen molar-refractivity contribution in [3.63, 3.8) is 0 Å². The Morgan fingerprint density at radius 2 is 2.17 bits per heavy atom. The van der Waals surface area contributed by atoms with Crippen molar-refractivity contribution in [2.45, 2.75) is 5.41 Å². The van der Waals surface area contributed by atoms with Gasteiger partial charge in [-0.05, 0) is 6.07 Å². The lowest BCUT2D eigenvalue weighted by atomic mass is 9.85. The Morgan fingerprint density at radius 1 is 1.39 bits per heavy atom. The van der Waals surface area contributed by atoms with Gasteiger partial charge in [0.25, 0.3) is 0 Å². The van der Waals surface area contributed by atoms with Gasteiger partial charge in [0, 0.05) is 15.4 Å². The first kappa shape index (κ1) is 11.8. The van der Waals surface area contributed by atoms with Gasteiger partial charge in [-0.25, -0.2) is 4.98 Å². The van der Waals surface area contributed by atoms with E-state index >= 15 is 0 Å². The fourth-order valence-electron chi connectivity index (χ4n) is 1.83. The quantitative estimate of drug-likeness (QED) is 0.852. The second-order valence-electron chi connectivity index (χ2n) is 4.20. The molecule has 0 aliphatic carbocycles. The number of hydrogen-bond donors (Lipinski definition) is 0. The van der Waals surface area contributed by atoms with Gasteiger partial charge in [0.1, 0.15) is 10.4 Å². The minimum atomic E-state index is -0.532. The summed E-state index contributed by atoms with van der Waals surface area (Å²) in [6.45, 7) is 0.894. The SMILES string of the molecule is N#CC1(c2csc(-c3ccccc3Br)n2)COC1. The molecular formula is C13H9BrN2OS. The molecule has 18 heavy (non-hydrogen) atoms. The molecule has 0 bridgehead atoms. The van der Waals surface area contributed by atoms with E-state index in [-0.39, 0.29) is 0 Å². The van der Waals surface area contributed by atoms with Crippen LogP contribution in [0.15, 0.2) is 34.1 Å². The number of ether oxygens (including phenoxy) is 1. The first-order valence-electron chi connectivity index (χ1n) is 5.45. The number of rotatable bonds is 2. The molecule has 1 aromatic carbocycles. The molecule has 0 spiro atoms. The Morgan fingerprint density at radius 3 is 2.78 bits per heavy atom. The van der Waals surface area contributed by atoms with Crippen LogP contribution in [0.4, 0.5) is 0 Å². The van der Waals surface area contributed by atoms with E-state index in [9.17, 15) is 5.26 Å². The highest BCUT2D eigenvalue weighted by molar-refractivity contribution is 9.10. The van der Waals surface area contributed by atoms with Gasteiger partial charge >= 0.3 is 0 Å². The highest BCUT2D eigenvalue weighted by Crippen LogP contribution is 2.36. The number of halogens is 1. The molecule has 1 saturated heterocycles. The van der Waals surface area contributed by atoms with Crippen molar-refractivity contribution in [3.05, 3.63) is 39.8 Å². The van der Waals surface area contributed by atoms with Gasteiger partial charge in [-0.1, -0.05) is 34.1 Å². The zero-order valence-corrected chi connectivity index (χ0v) is 11.8. The normalized spacial score (nSPS) is 16.9. The molecule has 0 atom stereocenters. The van der Waals surface area contributed by atoms with E-state index in [0.717, 1.165) is 20.7 Å². The fraction of sp³-hybridized carbons (Fsp3) is 0.231. The monoisotopic (exact) mass is 320 g/mol. The van der Waals surface area contributed by atoms with Crippen LogP contribution in [0.25, 0.3) is 10.6 Å². The number of thiazole rings is 1. The third-order valence-corrected chi connectivity index (χ3v) is 4.58. The van der Waals surface area contributed by atoms with Crippen LogP contribution in [0.2, 0.25) is 0 Å². The Labute approximate surface area is 117 Å². The summed E-state index contributed by atoms with van der Waals surface area (Å²) in [5.74, 6) is 0. The number of benzene rings is 1. The van der Waals surface area contributed by atoms with Crippen molar-refractivity contribution in [1.29, 1.82) is 5.26 Å². The summed E-state index contributed by atoms with van der Waals surface area (Å²) < 4.78 is 6.17. The average molecular weight is 321 g/mol. The number of nitrogens with zero attached hydrogens (tertiary/aromatic N) is 2. The highest BCUT2D eigenvalue weighted by Gasteiger charge is 2.43. The van der Waals surface area contributed by atoms with Crippen LogP contribution in [-0.4, -0.2) is 18.2 Å². The summed E-state index contributed by atoms with van der Waals surface area (Å²) in [7, 11) is 0. The molecule has 5 heteroatoms. The molecule has 0 saturated carbocycles. The minimum absolute atomic E-state index is 0.447. The maximum absolute atomic E-state index is 9.25. The van der Waals surface area contributed by atoms with Gasteiger partial charge in [0.15, 0.2) is 0 Å². The maximum Gasteiger partial charge on any atom is 0.146 e. The molecule has 1 fully saturated rings. The Kier molecular flexibility index (Phi) is 2.94. The summed E-state index contributed by atoms with van der Waals surface area (Å²) >= 11 is 5.08. The molecule has 1 aliphatic heterocycles. The lowest BCUT2D eigenvalue weighted by molar-refractivity contribution is -0.0314. The highest BCUT2D eigenvalue weighted by atomic mass is 79.9. The molecule has 0 N–H and O–H groups in total. The van der Waals surface area contributed by atoms with Crippen LogP contribution < -0.4 is 0 Å². The van der Waals surface area contributed by atoms with E-state index in [1.54, 1.807) is 11.3 Å². The summed E-state index contributed by atoms with van der Waals surface area (Å²) in [5.41, 5.74) is 1.35. The Bertz CT molecular complexity index is 628. The summed E-state index contributed by atoms with van der Waals surface area (Å²) in [6.07, 6.45) is 0. The molecule has 0 unspecified atom stereocenters. The van der Waals surface area contributed by atoms with Crippen LogP contribution in [0.1, 0.15) is 5.69 Å². The van der Waals surface area contributed by atoms with Crippen molar-refractivity contribution in [2.24, 2.45) is 0 Å². The van der Waals surface area contributed by atoms with E-state index in [2.05, 4.69) is 27.0 Å². The van der Waals surface area contributed by atoms with Crippen molar-refractivity contribution < 1.29 is 4.74 Å². The molecule has 2 heterocycles. The van der Waals surface area contributed by atoms with Crippen LogP contribution in [-0.2, 0) is 10.2 Å². The predicted octanol–water partition coefficient (Wildman–Crippen LogP) is 3.36. The molecular weight excluding hydrogens is 312 g/mol. The zero-order valence-electron chi connectivity index (χ0n) is 9.39. The van der Waals surface area contributed by atoms with Crippen molar-refractivity contribution in [3.8, 4) is 16.6 Å². The topological polar surface area (TPSA) is 45.9 Å². The van der Waals surface area contributed by atoms with Crippen molar-refractivity contribution in [2.75, 3.05) is 13.2 Å². The Hall–Kier alpha value is -1.22. The average Bonchev–Trinajstić information content (AvgIpc) is 2.79. The van der Waals surface area contributed by atoms with Gasteiger partial charge in [-0.2, -0.15) is 5.26 Å². The van der Waals surface area contributed by atoms with Gasteiger partial charge in [0.05, 0.1) is 25.0 Å². The van der Waals surface area contributed by atoms with Crippen LogP contribution in [0.5, 0.6) is 0 Å². The number of nitriles is 1. The second kappa shape index (κ2) is 4.47. The summed E-state index contributed by atoms with van der Waals surface area (Å²) in [4.78, 5) is 4.59. The van der Waals surface area contributed by atoms with E-state index in [1.807, 2.05) is 29.6 Å². The van der Waals surface area contributed by atoms with Crippen molar-refractivity contribution >= 4 is 27.3 Å². The summed E-state index contributed by atoms with van der Waals surface area (Å²) in [5, 5.41) is 12.1. The number of hydrogen-bond acceptors (Lipinski definition) is 4. The molecule has 1 aromatic heterocycles. The summed E-state index contributed by atoms with van der Waals surface area (Å²) in [6, 6.07) is 10.3. The molecule has 90 valence electrons. The third-order valence-electron chi connectivity index (χ3n) is 3.01.